The van der Waals surface area contributed by atoms with Crippen LogP contribution in [-0.4, -0.2) is 23.1 Å². The van der Waals surface area contributed by atoms with Gasteiger partial charge in [-0.25, -0.2) is 9.37 Å². The molecular formula is C16H23FN4. The molecule has 1 heterocycles. The van der Waals surface area contributed by atoms with Crippen molar-refractivity contribution in [2.75, 3.05) is 18.5 Å². The van der Waals surface area contributed by atoms with E-state index in [9.17, 15) is 4.39 Å². The fourth-order valence-electron chi connectivity index (χ4n) is 2.54. The molecule has 1 unspecified atom stereocenters. The van der Waals surface area contributed by atoms with Crippen LogP contribution in [0.4, 0.5) is 10.1 Å². The number of anilines is 1. The predicted molar refractivity (Wildman–Crippen MR) is 83.8 cm³/mol. The second-order valence-corrected chi connectivity index (χ2v) is 5.27. The Hall–Kier alpha value is -1.88. The summed E-state index contributed by atoms with van der Waals surface area (Å²) in [4.78, 5) is 6.22. The maximum atomic E-state index is 14.3. The Morgan fingerprint density at radius 2 is 2.19 bits per heavy atom. The van der Waals surface area contributed by atoms with E-state index in [4.69, 9.17) is 0 Å². The third-order valence-electron chi connectivity index (χ3n) is 3.68. The minimum atomic E-state index is -0.200. The summed E-state index contributed by atoms with van der Waals surface area (Å²) in [6, 6.07) is 5.34. The lowest BCUT2D eigenvalue weighted by atomic mass is 10.0. The van der Waals surface area contributed by atoms with Crippen molar-refractivity contribution >= 4 is 5.69 Å². The topological polar surface area (TPSA) is 33.1 Å². The SMILES string of the molecule is CCNC(C)c1cccc(F)c1N(C)Cc1nccn1C. The monoisotopic (exact) mass is 290 g/mol. The first-order valence-electron chi connectivity index (χ1n) is 7.23. The molecule has 0 saturated heterocycles. The van der Waals surface area contributed by atoms with Crippen molar-refractivity contribution in [3.05, 3.63) is 47.8 Å². The molecule has 2 rings (SSSR count). The Morgan fingerprint density at radius 3 is 2.81 bits per heavy atom. The third kappa shape index (κ3) is 3.42. The van der Waals surface area contributed by atoms with E-state index in [-0.39, 0.29) is 11.9 Å². The van der Waals surface area contributed by atoms with Crippen molar-refractivity contribution in [1.29, 1.82) is 0 Å². The highest BCUT2D eigenvalue weighted by atomic mass is 19.1. The van der Waals surface area contributed by atoms with Crippen molar-refractivity contribution in [1.82, 2.24) is 14.9 Å². The van der Waals surface area contributed by atoms with Crippen LogP contribution in [0, 0.1) is 5.82 Å². The predicted octanol–water partition coefficient (Wildman–Crippen LogP) is 2.87. The first-order chi connectivity index (χ1) is 10.0. The van der Waals surface area contributed by atoms with Crippen molar-refractivity contribution in [2.24, 2.45) is 7.05 Å². The third-order valence-corrected chi connectivity index (χ3v) is 3.68. The van der Waals surface area contributed by atoms with Crippen molar-refractivity contribution in [3.8, 4) is 0 Å². The number of halogens is 1. The number of nitrogens with zero attached hydrogens (tertiary/aromatic N) is 3. The van der Waals surface area contributed by atoms with Gasteiger partial charge in [-0.2, -0.15) is 0 Å². The van der Waals surface area contributed by atoms with Gasteiger partial charge in [-0.3, -0.25) is 0 Å². The first-order valence-corrected chi connectivity index (χ1v) is 7.23. The van der Waals surface area contributed by atoms with E-state index in [2.05, 4.69) is 17.2 Å². The van der Waals surface area contributed by atoms with Gasteiger partial charge in [0.05, 0.1) is 12.2 Å². The number of hydrogen-bond donors (Lipinski definition) is 1. The molecule has 0 aliphatic carbocycles. The Balaban J connectivity index is 2.31. The number of rotatable bonds is 6. The molecule has 1 atom stereocenters. The van der Waals surface area contributed by atoms with E-state index >= 15 is 0 Å². The van der Waals surface area contributed by atoms with E-state index in [0.717, 1.165) is 17.9 Å². The summed E-state index contributed by atoms with van der Waals surface area (Å²) in [6.45, 7) is 5.51. The smallest absolute Gasteiger partial charge is 0.146 e. The average molecular weight is 290 g/mol. The van der Waals surface area contributed by atoms with Crippen molar-refractivity contribution in [2.45, 2.75) is 26.4 Å². The normalized spacial score (nSPS) is 12.4. The largest absolute Gasteiger partial charge is 0.364 e. The van der Waals surface area contributed by atoms with Crippen LogP contribution in [0.2, 0.25) is 0 Å². The summed E-state index contributed by atoms with van der Waals surface area (Å²) in [7, 11) is 3.84. The maximum Gasteiger partial charge on any atom is 0.146 e. The lowest BCUT2D eigenvalue weighted by molar-refractivity contribution is 0.578. The van der Waals surface area contributed by atoms with Crippen molar-refractivity contribution in [3.63, 3.8) is 0 Å². The minimum absolute atomic E-state index is 0.101. The molecule has 1 N–H and O–H groups in total. The number of aryl methyl sites for hydroxylation is 1. The molecule has 1 aromatic heterocycles. The highest BCUT2D eigenvalue weighted by Crippen LogP contribution is 2.29. The summed E-state index contributed by atoms with van der Waals surface area (Å²) in [5, 5.41) is 3.34. The fraction of sp³-hybridized carbons (Fsp3) is 0.438. The van der Waals surface area contributed by atoms with Gasteiger partial charge in [0, 0.05) is 32.5 Å². The Morgan fingerprint density at radius 1 is 1.43 bits per heavy atom. The zero-order chi connectivity index (χ0) is 15.4. The van der Waals surface area contributed by atoms with Gasteiger partial charge in [0.25, 0.3) is 0 Å². The van der Waals surface area contributed by atoms with Gasteiger partial charge in [-0.15, -0.1) is 0 Å². The van der Waals surface area contributed by atoms with E-state index in [0.29, 0.717) is 12.2 Å². The second kappa shape index (κ2) is 6.72. The van der Waals surface area contributed by atoms with Crippen LogP contribution in [0.5, 0.6) is 0 Å². The molecule has 4 nitrogen and oxygen atoms in total. The minimum Gasteiger partial charge on any atom is -0.364 e. The lowest BCUT2D eigenvalue weighted by Gasteiger charge is -2.25. The second-order valence-electron chi connectivity index (χ2n) is 5.27. The molecule has 0 amide bonds. The molecule has 114 valence electrons. The fourth-order valence-corrected chi connectivity index (χ4v) is 2.54. The molecule has 0 aliphatic heterocycles. The molecule has 0 bridgehead atoms. The van der Waals surface area contributed by atoms with Crippen LogP contribution < -0.4 is 10.2 Å². The Kier molecular flexibility index (Phi) is 4.96. The number of aromatic nitrogens is 2. The first kappa shape index (κ1) is 15.5. The van der Waals surface area contributed by atoms with Crippen LogP contribution in [-0.2, 0) is 13.6 Å². The summed E-state index contributed by atoms with van der Waals surface area (Å²) in [6.07, 6.45) is 3.65. The average Bonchev–Trinajstić information content (AvgIpc) is 2.84. The van der Waals surface area contributed by atoms with E-state index < -0.39 is 0 Å². The van der Waals surface area contributed by atoms with Crippen LogP contribution >= 0.6 is 0 Å². The zero-order valence-electron chi connectivity index (χ0n) is 13.1. The van der Waals surface area contributed by atoms with Gasteiger partial charge in [0.2, 0.25) is 0 Å². The summed E-state index contributed by atoms with van der Waals surface area (Å²) < 4.78 is 16.3. The number of hydrogen-bond acceptors (Lipinski definition) is 3. The van der Waals surface area contributed by atoms with Gasteiger partial charge >= 0.3 is 0 Å². The van der Waals surface area contributed by atoms with Gasteiger partial charge in [0.15, 0.2) is 0 Å². The number of para-hydroxylation sites is 1. The van der Waals surface area contributed by atoms with Crippen LogP contribution in [0.15, 0.2) is 30.6 Å². The Bertz CT molecular complexity index is 594. The van der Waals surface area contributed by atoms with Crippen LogP contribution in [0.1, 0.15) is 31.3 Å². The van der Waals surface area contributed by atoms with Gasteiger partial charge in [-0.05, 0) is 25.1 Å². The molecule has 21 heavy (non-hydrogen) atoms. The highest BCUT2D eigenvalue weighted by Gasteiger charge is 2.18. The van der Waals surface area contributed by atoms with Gasteiger partial charge < -0.3 is 14.8 Å². The van der Waals surface area contributed by atoms with Gasteiger partial charge in [-0.1, -0.05) is 19.1 Å². The zero-order valence-corrected chi connectivity index (χ0v) is 13.1. The molecule has 0 aliphatic rings. The molecule has 5 heteroatoms. The molecule has 1 aromatic carbocycles. The van der Waals surface area contributed by atoms with Crippen LogP contribution in [0.25, 0.3) is 0 Å². The molecular weight excluding hydrogens is 267 g/mol. The van der Waals surface area contributed by atoms with Gasteiger partial charge in [0.1, 0.15) is 11.6 Å². The molecule has 0 saturated carbocycles. The van der Waals surface area contributed by atoms with Crippen LogP contribution in [0.3, 0.4) is 0 Å². The summed E-state index contributed by atoms with van der Waals surface area (Å²) >= 11 is 0. The molecule has 2 aromatic rings. The lowest BCUT2D eigenvalue weighted by Crippen LogP contribution is -2.25. The number of nitrogens with one attached hydrogen (secondary N) is 1. The van der Waals surface area contributed by atoms with E-state index in [1.54, 1.807) is 12.3 Å². The van der Waals surface area contributed by atoms with E-state index in [1.807, 2.05) is 42.7 Å². The summed E-state index contributed by atoms with van der Waals surface area (Å²) in [5.41, 5.74) is 1.60. The highest BCUT2D eigenvalue weighted by molar-refractivity contribution is 5.55. The number of benzene rings is 1. The number of imidazole rings is 1. The molecule has 0 radical (unpaired) electrons. The Labute approximate surface area is 125 Å². The van der Waals surface area contributed by atoms with E-state index in [1.165, 1.54) is 6.07 Å². The standard InChI is InChI=1S/C16H23FN4/c1-5-18-12(2)13-7-6-8-14(17)16(13)21(4)11-15-19-9-10-20(15)3/h6-10,12,18H,5,11H2,1-4H3. The summed E-state index contributed by atoms with van der Waals surface area (Å²) in [5.74, 6) is 0.705. The van der Waals surface area contributed by atoms with Crippen molar-refractivity contribution < 1.29 is 4.39 Å². The quantitative estimate of drug-likeness (QED) is 0.888. The molecule has 0 fully saturated rings. The maximum absolute atomic E-state index is 14.3. The molecule has 0 spiro atoms.